The van der Waals surface area contributed by atoms with Gasteiger partial charge in [-0.25, -0.2) is 4.98 Å². The van der Waals surface area contributed by atoms with Gasteiger partial charge in [-0.1, -0.05) is 43.6 Å². The molecule has 5 nitrogen and oxygen atoms in total. The Morgan fingerprint density at radius 2 is 1.68 bits per heavy atom. The van der Waals surface area contributed by atoms with Gasteiger partial charge in [-0.2, -0.15) is 0 Å². The van der Waals surface area contributed by atoms with Gasteiger partial charge in [0.05, 0.1) is 17.1 Å². The van der Waals surface area contributed by atoms with Crippen molar-refractivity contribution in [2.45, 2.75) is 20.3 Å². The second-order valence-corrected chi connectivity index (χ2v) is 7.84. The van der Waals surface area contributed by atoms with Gasteiger partial charge in [0.2, 0.25) is 11.8 Å². The summed E-state index contributed by atoms with van der Waals surface area (Å²) in [6.07, 6.45) is 0.173. The number of anilines is 2. The quantitative estimate of drug-likeness (QED) is 0.580. The standard InChI is InChI=1S/C21H20ClN3O2S/c1-13(2)20(27)24-15-9-7-14(8-10-15)23-19(26)11-16-12-28-21(25-16)17-5-3-4-6-18(17)22/h3-10,12-13H,11H2,1-2H3,(H,23,26)(H,24,27). The van der Waals surface area contributed by atoms with Crippen LogP contribution in [0.3, 0.4) is 0 Å². The first kappa shape index (κ1) is 20.0. The van der Waals surface area contributed by atoms with Gasteiger partial charge in [0.1, 0.15) is 5.01 Å². The SMILES string of the molecule is CC(C)C(=O)Nc1ccc(NC(=O)Cc2csc(-c3ccccc3Cl)n2)cc1. The number of thiazole rings is 1. The number of rotatable bonds is 6. The first-order chi connectivity index (χ1) is 13.4. The maximum Gasteiger partial charge on any atom is 0.230 e. The zero-order chi connectivity index (χ0) is 20.1. The molecule has 1 aromatic heterocycles. The molecule has 28 heavy (non-hydrogen) atoms. The van der Waals surface area contributed by atoms with Crippen LogP contribution in [0.4, 0.5) is 11.4 Å². The van der Waals surface area contributed by atoms with Crippen LogP contribution in [-0.4, -0.2) is 16.8 Å². The molecule has 2 N–H and O–H groups in total. The Hall–Kier alpha value is -2.70. The predicted molar refractivity (Wildman–Crippen MR) is 115 cm³/mol. The highest BCUT2D eigenvalue weighted by Crippen LogP contribution is 2.30. The minimum atomic E-state index is -0.157. The van der Waals surface area contributed by atoms with Crippen LogP contribution < -0.4 is 10.6 Å². The van der Waals surface area contributed by atoms with Gasteiger partial charge in [-0.05, 0) is 30.3 Å². The third kappa shape index (κ3) is 5.18. The van der Waals surface area contributed by atoms with Crippen LogP contribution in [0.2, 0.25) is 5.02 Å². The Kier molecular flexibility index (Phi) is 6.44. The van der Waals surface area contributed by atoms with Crippen molar-refractivity contribution in [2.75, 3.05) is 10.6 Å². The number of hydrogen-bond donors (Lipinski definition) is 2. The molecule has 0 aliphatic rings. The van der Waals surface area contributed by atoms with Crippen LogP contribution in [0.1, 0.15) is 19.5 Å². The highest BCUT2D eigenvalue weighted by molar-refractivity contribution is 7.13. The van der Waals surface area contributed by atoms with E-state index in [1.165, 1.54) is 11.3 Å². The Bertz CT molecular complexity index is 983. The summed E-state index contributed by atoms with van der Waals surface area (Å²) < 4.78 is 0. The molecule has 3 rings (SSSR count). The molecule has 2 amide bonds. The minimum Gasteiger partial charge on any atom is -0.326 e. The molecule has 0 spiro atoms. The van der Waals surface area contributed by atoms with Crippen molar-refractivity contribution in [1.82, 2.24) is 4.98 Å². The van der Waals surface area contributed by atoms with E-state index >= 15 is 0 Å². The van der Waals surface area contributed by atoms with Gasteiger partial charge in [0.25, 0.3) is 0 Å². The number of carbonyl (C=O) groups is 2. The molecule has 0 aliphatic carbocycles. The second-order valence-electron chi connectivity index (χ2n) is 6.57. The van der Waals surface area contributed by atoms with Crippen LogP contribution in [-0.2, 0) is 16.0 Å². The molecule has 0 unspecified atom stereocenters. The van der Waals surface area contributed by atoms with E-state index in [9.17, 15) is 9.59 Å². The van der Waals surface area contributed by atoms with Crippen molar-refractivity contribution in [1.29, 1.82) is 0 Å². The normalized spacial score (nSPS) is 10.7. The van der Waals surface area contributed by atoms with Crippen molar-refractivity contribution in [3.8, 4) is 10.6 Å². The molecule has 0 aliphatic heterocycles. The highest BCUT2D eigenvalue weighted by Gasteiger charge is 2.12. The number of nitrogens with one attached hydrogen (secondary N) is 2. The summed E-state index contributed by atoms with van der Waals surface area (Å²) in [5.74, 6) is -0.294. The summed E-state index contributed by atoms with van der Waals surface area (Å²) in [5, 5.41) is 8.95. The summed E-state index contributed by atoms with van der Waals surface area (Å²) in [6.45, 7) is 3.67. The Balaban J connectivity index is 1.59. The maximum absolute atomic E-state index is 12.3. The van der Waals surface area contributed by atoms with Gasteiger partial charge >= 0.3 is 0 Å². The van der Waals surface area contributed by atoms with Crippen LogP contribution in [0.25, 0.3) is 10.6 Å². The molecular weight excluding hydrogens is 394 g/mol. The van der Waals surface area contributed by atoms with Crippen LogP contribution in [0.5, 0.6) is 0 Å². The number of halogens is 1. The van der Waals surface area contributed by atoms with E-state index in [2.05, 4.69) is 15.6 Å². The summed E-state index contributed by atoms with van der Waals surface area (Å²) in [6, 6.07) is 14.5. The van der Waals surface area contributed by atoms with Crippen molar-refractivity contribution >= 4 is 46.1 Å². The molecule has 7 heteroatoms. The van der Waals surface area contributed by atoms with E-state index in [-0.39, 0.29) is 24.2 Å². The molecule has 0 saturated carbocycles. The van der Waals surface area contributed by atoms with Gasteiger partial charge in [0.15, 0.2) is 0 Å². The molecule has 0 atom stereocenters. The molecule has 2 aromatic carbocycles. The minimum absolute atomic E-state index is 0.0466. The number of benzene rings is 2. The molecule has 3 aromatic rings. The Morgan fingerprint density at radius 1 is 1.04 bits per heavy atom. The average Bonchev–Trinajstić information content (AvgIpc) is 3.11. The fraction of sp³-hybridized carbons (Fsp3) is 0.190. The number of carbonyl (C=O) groups excluding carboxylic acids is 2. The van der Waals surface area contributed by atoms with Crippen molar-refractivity contribution < 1.29 is 9.59 Å². The summed E-state index contributed by atoms with van der Waals surface area (Å²) in [4.78, 5) is 28.5. The predicted octanol–water partition coefficient (Wildman–Crippen LogP) is 5.24. The lowest BCUT2D eigenvalue weighted by Gasteiger charge is -2.09. The topological polar surface area (TPSA) is 71.1 Å². The fourth-order valence-electron chi connectivity index (χ4n) is 2.44. The Labute approximate surface area is 172 Å². The Morgan fingerprint density at radius 3 is 2.32 bits per heavy atom. The summed E-state index contributed by atoms with van der Waals surface area (Å²) in [5.41, 5.74) is 2.91. The summed E-state index contributed by atoms with van der Waals surface area (Å²) in [7, 11) is 0. The van der Waals surface area contributed by atoms with Gasteiger partial charge in [-0.15, -0.1) is 11.3 Å². The van der Waals surface area contributed by atoms with Gasteiger partial charge in [-0.3, -0.25) is 9.59 Å². The van der Waals surface area contributed by atoms with Crippen molar-refractivity contribution in [3.05, 3.63) is 64.6 Å². The van der Waals surface area contributed by atoms with Crippen LogP contribution in [0.15, 0.2) is 53.9 Å². The molecule has 0 radical (unpaired) electrons. The second kappa shape index (κ2) is 8.99. The lowest BCUT2D eigenvalue weighted by Crippen LogP contribution is -2.18. The average molecular weight is 414 g/mol. The third-order valence-corrected chi connectivity index (χ3v) is 5.21. The number of nitrogens with zero attached hydrogens (tertiary/aromatic N) is 1. The number of hydrogen-bond acceptors (Lipinski definition) is 4. The zero-order valence-corrected chi connectivity index (χ0v) is 17.1. The number of amides is 2. The smallest absolute Gasteiger partial charge is 0.230 e. The first-order valence-corrected chi connectivity index (χ1v) is 10.1. The fourth-order valence-corrected chi connectivity index (χ4v) is 3.58. The highest BCUT2D eigenvalue weighted by atomic mass is 35.5. The van der Waals surface area contributed by atoms with E-state index in [1.54, 1.807) is 24.3 Å². The zero-order valence-electron chi connectivity index (χ0n) is 15.5. The van der Waals surface area contributed by atoms with Gasteiger partial charge in [0, 0.05) is 28.2 Å². The monoisotopic (exact) mass is 413 g/mol. The van der Waals surface area contributed by atoms with E-state index < -0.39 is 0 Å². The molecule has 0 bridgehead atoms. The van der Waals surface area contributed by atoms with Crippen molar-refractivity contribution in [2.24, 2.45) is 5.92 Å². The van der Waals surface area contributed by atoms with E-state index in [0.717, 1.165) is 10.6 Å². The van der Waals surface area contributed by atoms with E-state index in [4.69, 9.17) is 11.6 Å². The molecule has 144 valence electrons. The van der Waals surface area contributed by atoms with Crippen LogP contribution in [0, 0.1) is 5.92 Å². The molecule has 1 heterocycles. The molecule has 0 saturated heterocycles. The largest absolute Gasteiger partial charge is 0.326 e. The third-order valence-electron chi connectivity index (χ3n) is 3.96. The van der Waals surface area contributed by atoms with E-state index in [0.29, 0.717) is 22.1 Å². The van der Waals surface area contributed by atoms with Gasteiger partial charge < -0.3 is 10.6 Å². The molecule has 0 fully saturated rings. The number of aromatic nitrogens is 1. The lowest BCUT2D eigenvalue weighted by atomic mass is 10.2. The summed E-state index contributed by atoms with van der Waals surface area (Å²) >= 11 is 7.66. The first-order valence-electron chi connectivity index (χ1n) is 8.82. The lowest BCUT2D eigenvalue weighted by molar-refractivity contribution is -0.119. The maximum atomic E-state index is 12.3. The van der Waals surface area contributed by atoms with Crippen LogP contribution >= 0.6 is 22.9 Å². The molecular formula is C21H20ClN3O2S. The van der Waals surface area contributed by atoms with Crippen molar-refractivity contribution in [3.63, 3.8) is 0 Å². The van der Waals surface area contributed by atoms with E-state index in [1.807, 2.05) is 43.5 Å².